The van der Waals surface area contributed by atoms with Crippen molar-refractivity contribution < 1.29 is 32.4 Å². The molecule has 11 nitrogen and oxygen atoms in total. The predicted molar refractivity (Wildman–Crippen MR) is 151 cm³/mol. The van der Waals surface area contributed by atoms with Crippen LogP contribution >= 0.6 is 0 Å². The average Bonchev–Trinajstić information content (AvgIpc) is 3.26. The number of rotatable bonds is 9. The van der Waals surface area contributed by atoms with E-state index < -0.39 is 38.6 Å². The number of nitrogens with one attached hydrogen (secondary N) is 1. The Balaban J connectivity index is 1.50. The Morgan fingerprint density at radius 1 is 0.976 bits per heavy atom. The first-order chi connectivity index (χ1) is 19.3. The number of likely N-dealkylation sites (N-methyl/N-ethyl adjacent to an activating group) is 1. The maximum absolute atomic E-state index is 13.4. The first kappa shape index (κ1) is 29.7. The number of carbonyl (C=O) groups excluding carboxylic acids is 2. The SMILES string of the molecule is CN(C(=O)[C@H](COC(C)(C)C)NC(=O)OCC1c2ccccc2-c2ccccc21)S(=O)(=O)c1ccc([N+](=O)[O-])cc1. The zero-order valence-corrected chi connectivity index (χ0v) is 23.9. The second-order valence-corrected chi connectivity index (χ2v) is 12.5. The van der Waals surface area contributed by atoms with Crippen LogP contribution in [0.1, 0.15) is 37.8 Å². The number of hydrogen-bond acceptors (Lipinski definition) is 8. The molecule has 41 heavy (non-hydrogen) atoms. The van der Waals surface area contributed by atoms with Crippen molar-refractivity contribution in [2.45, 2.75) is 43.2 Å². The number of nitro groups is 1. The van der Waals surface area contributed by atoms with Crippen LogP contribution in [0, 0.1) is 10.1 Å². The van der Waals surface area contributed by atoms with Crippen molar-refractivity contribution >= 4 is 27.7 Å². The summed E-state index contributed by atoms with van der Waals surface area (Å²) in [5.41, 5.74) is 3.14. The molecule has 216 valence electrons. The fraction of sp³-hybridized carbons (Fsp3) is 0.310. The summed E-state index contributed by atoms with van der Waals surface area (Å²) in [5, 5.41) is 13.4. The van der Waals surface area contributed by atoms with E-state index in [2.05, 4.69) is 5.32 Å². The summed E-state index contributed by atoms with van der Waals surface area (Å²) >= 11 is 0. The summed E-state index contributed by atoms with van der Waals surface area (Å²) in [4.78, 5) is 36.2. The number of sulfonamides is 1. The molecule has 0 unspecified atom stereocenters. The third-order valence-electron chi connectivity index (χ3n) is 6.63. The van der Waals surface area contributed by atoms with Gasteiger partial charge in [0.2, 0.25) is 0 Å². The van der Waals surface area contributed by atoms with Gasteiger partial charge in [0.05, 0.1) is 22.0 Å². The Labute approximate surface area is 238 Å². The van der Waals surface area contributed by atoms with Gasteiger partial charge < -0.3 is 14.8 Å². The van der Waals surface area contributed by atoms with E-state index in [-0.39, 0.29) is 29.7 Å². The lowest BCUT2D eigenvalue weighted by molar-refractivity contribution is -0.384. The van der Waals surface area contributed by atoms with Crippen LogP contribution in [0.15, 0.2) is 77.7 Å². The van der Waals surface area contributed by atoms with E-state index >= 15 is 0 Å². The Morgan fingerprint density at radius 2 is 1.51 bits per heavy atom. The normalized spacial score (nSPS) is 13.6. The number of benzene rings is 3. The molecule has 1 aliphatic rings. The summed E-state index contributed by atoms with van der Waals surface area (Å²) in [7, 11) is -3.35. The molecule has 1 aliphatic carbocycles. The molecular formula is C29H31N3O8S. The highest BCUT2D eigenvalue weighted by molar-refractivity contribution is 7.89. The maximum atomic E-state index is 13.4. The van der Waals surface area contributed by atoms with Gasteiger partial charge >= 0.3 is 6.09 Å². The summed E-state index contributed by atoms with van der Waals surface area (Å²) in [6.45, 7) is 4.92. The number of alkyl carbamates (subject to hydrolysis) is 1. The molecule has 0 aromatic heterocycles. The van der Waals surface area contributed by atoms with Crippen LogP contribution in [0.5, 0.6) is 0 Å². The highest BCUT2D eigenvalue weighted by Gasteiger charge is 2.35. The molecule has 0 radical (unpaired) electrons. The van der Waals surface area contributed by atoms with Crippen LogP contribution in [0.25, 0.3) is 11.1 Å². The molecule has 1 atom stereocenters. The minimum atomic E-state index is -4.39. The Morgan fingerprint density at radius 3 is 2.02 bits per heavy atom. The molecular weight excluding hydrogens is 550 g/mol. The fourth-order valence-corrected chi connectivity index (χ4v) is 5.69. The third-order valence-corrected chi connectivity index (χ3v) is 8.40. The predicted octanol–water partition coefficient (Wildman–Crippen LogP) is 4.46. The van der Waals surface area contributed by atoms with Crippen molar-refractivity contribution in [1.29, 1.82) is 0 Å². The van der Waals surface area contributed by atoms with Gasteiger partial charge in [-0.3, -0.25) is 14.9 Å². The van der Waals surface area contributed by atoms with E-state index in [0.717, 1.165) is 53.6 Å². The number of fused-ring (bicyclic) bond motifs is 3. The van der Waals surface area contributed by atoms with E-state index in [4.69, 9.17) is 9.47 Å². The van der Waals surface area contributed by atoms with Gasteiger partial charge in [-0.1, -0.05) is 48.5 Å². The zero-order chi connectivity index (χ0) is 29.9. The Hall–Kier alpha value is -4.29. The second-order valence-electron chi connectivity index (χ2n) is 10.5. The summed E-state index contributed by atoms with van der Waals surface area (Å²) < 4.78 is 38.0. The van der Waals surface area contributed by atoms with E-state index in [1.165, 1.54) is 0 Å². The van der Waals surface area contributed by atoms with Gasteiger partial charge in [0.1, 0.15) is 12.6 Å². The van der Waals surface area contributed by atoms with Crippen molar-refractivity contribution in [1.82, 2.24) is 9.62 Å². The molecule has 4 rings (SSSR count). The number of amides is 2. The van der Waals surface area contributed by atoms with Crippen molar-refractivity contribution in [2.75, 3.05) is 20.3 Å². The lowest BCUT2D eigenvalue weighted by Crippen LogP contribution is -2.52. The maximum Gasteiger partial charge on any atom is 0.407 e. The Bertz CT molecular complexity index is 1520. The van der Waals surface area contributed by atoms with Crippen molar-refractivity contribution in [3.05, 3.63) is 94.0 Å². The highest BCUT2D eigenvalue weighted by atomic mass is 32.2. The fourth-order valence-electron chi connectivity index (χ4n) is 4.53. The van der Waals surface area contributed by atoms with E-state index in [1.54, 1.807) is 20.8 Å². The molecule has 0 bridgehead atoms. The first-order valence-corrected chi connectivity index (χ1v) is 14.3. The molecule has 3 aromatic rings. The monoisotopic (exact) mass is 581 g/mol. The largest absolute Gasteiger partial charge is 0.449 e. The summed E-state index contributed by atoms with van der Waals surface area (Å²) in [6.07, 6.45) is -0.913. The van der Waals surface area contributed by atoms with Crippen molar-refractivity contribution in [3.63, 3.8) is 0 Å². The third kappa shape index (κ3) is 6.55. The topological polar surface area (TPSA) is 145 Å². The number of nitrogens with zero attached hydrogens (tertiary/aromatic N) is 2. The van der Waals surface area contributed by atoms with Gasteiger partial charge in [0.15, 0.2) is 0 Å². The zero-order valence-electron chi connectivity index (χ0n) is 23.1. The van der Waals surface area contributed by atoms with Crippen LogP contribution in [0.4, 0.5) is 10.5 Å². The molecule has 3 aromatic carbocycles. The van der Waals surface area contributed by atoms with Gasteiger partial charge in [-0.2, -0.15) is 0 Å². The van der Waals surface area contributed by atoms with Crippen molar-refractivity contribution in [3.8, 4) is 11.1 Å². The number of non-ortho nitro benzene ring substituents is 1. The van der Waals surface area contributed by atoms with Crippen LogP contribution < -0.4 is 5.32 Å². The molecule has 0 spiro atoms. The van der Waals surface area contributed by atoms with Gasteiger partial charge in [0, 0.05) is 25.1 Å². The average molecular weight is 582 g/mol. The van der Waals surface area contributed by atoms with Gasteiger partial charge in [-0.15, -0.1) is 0 Å². The smallest absolute Gasteiger partial charge is 0.407 e. The summed E-state index contributed by atoms with van der Waals surface area (Å²) in [6, 6.07) is 18.4. The van der Waals surface area contributed by atoms with E-state index in [0.29, 0.717) is 4.31 Å². The standard InChI is InChI=1S/C29H31N3O8S/c1-29(2,3)40-18-26(27(33)31(4)41(37,38)20-15-13-19(14-16-20)32(35)36)30-28(34)39-17-25-23-11-7-5-9-21(23)22-10-6-8-12-24(22)25/h5-16,25-26H,17-18H2,1-4H3,(H,30,34)/t26-/m0/s1. The molecule has 12 heteroatoms. The Kier molecular flexibility index (Phi) is 8.45. The van der Waals surface area contributed by atoms with Crippen LogP contribution in [0.3, 0.4) is 0 Å². The van der Waals surface area contributed by atoms with Gasteiger partial charge in [0.25, 0.3) is 21.6 Å². The van der Waals surface area contributed by atoms with Crippen LogP contribution in [-0.4, -0.2) is 61.6 Å². The number of nitro benzene ring substituents is 1. The van der Waals surface area contributed by atoms with Gasteiger partial charge in [-0.25, -0.2) is 17.5 Å². The van der Waals surface area contributed by atoms with Gasteiger partial charge in [-0.05, 0) is 55.2 Å². The molecule has 0 saturated heterocycles. The number of ether oxygens (including phenoxy) is 2. The minimum absolute atomic E-state index is 0.00215. The molecule has 0 heterocycles. The molecule has 0 saturated carbocycles. The van der Waals surface area contributed by atoms with E-state index in [1.807, 2.05) is 48.5 Å². The first-order valence-electron chi connectivity index (χ1n) is 12.8. The quantitative estimate of drug-likeness (QED) is 0.288. The highest BCUT2D eigenvalue weighted by Crippen LogP contribution is 2.44. The molecule has 0 fully saturated rings. The number of hydrogen-bond donors (Lipinski definition) is 1. The lowest BCUT2D eigenvalue weighted by atomic mass is 9.98. The van der Waals surface area contributed by atoms with Crippen LogP contribution in [-0.2, 0) is 24.3 Å². The lowest BCUT2D eigenvalue weighted by Gasteiger charge is -2.27. The number of carbonyl (C=O) groups is 2. The van der Waals surface area contributed by atoms with Crippen molar-refractivity contribution in [2.24, 2.45) is 0 Å². The van der Waals surface area contributed by atoms with E-state index in [9.17, 15) is 28.1 Å². The van der Waals surface area contributed by atoms with Crippen LogP contribution in [0.2, 0.25) is 0 Å². The second kappa shape index (κ2) is 11.7. The molecule has 2 amide bonds. The molecule has 1 N–H and O–H groups in total. The summed E-state index contributed by atoms with van der Waals surface area (Å²) in [5.74, 6) is -1.18. The minimum Gasteiger partial charge on any atom is -0.449 e. The molecule has 0 aliphatic heterocycles.